The summed E-state index contributed by atoms with van der Waals surface area (Å²) in [6.07, 6.45) is 0.798. The molecule has 2 rings (SSSR count). The third-order valence-corrected chi connectivity index (χ3v) is 4.02. The number of aliphatic carboxylic acids is 1. The van der Waals surface area contributed by atoms with Gasteiger partial charge in [0, 0.05) is 6.04 Å². The predicted molar refractivity (Wildman–Crippen MR) is 74.8 cm³/mol. The quantitative estimate of drug-likeness (QED) is 0.858. The van der Waals surface area contributed by atoms with Gasteiger partial charge in [-0.25, -0.2) is 0 Å². The summed E-state index contributed by atoms with van der Waals surface area (Å²) in [4.78, 5) is 13.1. The summed E-state index contributed by atoms with van der Waals surface area (Å²) in [6.45, 7) is 2.58. The van der Waals surface area contributed by atoms with E-state index in [1.165, 1.54) is 0 Å². The highest BCUT2D eigenvalue weighted by atomic mass is 16.5. The minimum atomic E-state index is -0.809. The van der Waals surface area contributed by atoms with Crippen molar-refractivity contribution in [3.63, 3.8) is 0 Å². The first kappa shape index (κ1) is 14.8. The number of likely N-dealkylation sites (tertiary alicyclic amines) is 1. The lowest BCUT2D eigenvalue weighted by molar-refractivity contribution is -0.143. The highest BCUT2D eigenvalue weighted by molar-refractivity contribution is 5.73. The van der Waals surface area contributed by atoms with Gasteiger partial charge in [-0.05, 0) is 44.0 Å². The van der Waals surface area contributed by atoms with Crippen molar-refractivity contribution in [3.8, 4) is 5.75 Å². The monoisotopic (exact) mass is 279 g/mol. The lowest BCUT2D eigenvalue weighted by atomic mass is 10.0. The average molecular weight is 279 g/mol. The molecule has 0 bridgehead atoms. The van der Waals surface area contributed by atoms with Crippen LogP contribution in [0.1, 0.15) is 31.4 Å². The van der Waals surface area contributed by atoms with Crippen molar-refractivity contribution in [1.29, 1.82) is 0 Å². The second-order valence-corrected chi connectivity index (χ2v) is 5.19. The van der Waals surface area contributed by atoms with Gasteiger partial charge in [-0.3, -0.25) is 9.69 Å². The highest BCUT2D eigenvalue weighted by Gasteiger charge is 2.36. The van der Waals surface area contributed by atoms with Gasteiger partial charge in [0.1, 0.15) is 11.8 Å². The van der Waals surface area contributed by atoms with Crippen LogP contribution in [0.15, 0.2) is 24.3 Å². The third kappa shape index (κ3) is 2.94. The molecule has 0 aliphatic carbocycles. The molecule has 1 aliphatic rings. The Labute approximate surface area is 118 Å². The first-order valence-electron chi connectivity index (χ1n) is 6.85. The van der Waals surface area contributed by atoms with Gasteiger partial charge in [0.15, 0.2) is 0 Å². The van der Waals surface area contributed by atoms with Gasteiger partial charge in [-0.1, -0.05) is 12.1 Å². The second kappa shape index (κ2) is 6.24. The lowest BCUT2D eigenvalue weighted by Crippen LogP contribution is -2.44. The highest BCUT2D eigenvalue weighted by Crippen LogP contribution is 2.28. The Morgan fingerprint density at radius 2 is 2.05 bits per heavy atom. The van der Waals surface area contributed by atoms with E-state index in [4.69, 9.17) is 4.74 Å². The molecule has 5 heteroatoms. The Morgan fingerprint density at radius 1 is 1.40 bits per heavy atom. The molecule has 1 aromatic rings. The van der Waals surface area contributed by atoms with Gasteiger partial charge < -0.3 is 14.9 Å². The summed E-state index contributed by atoms with van der Waals surface area (Å²) >= 11 is 0. The minimum absolute atomic E-state index is 0.230. The first-order valence-corrected chi connectivity index (χ1v) is 6.85. The number of benzene rings is 1. The SMILES string of the molecule is COc1ccc(C(O)C(C)N2CCCC2C(=O)O)cc1. The zero-order chi connectivity index (χ0) is 14.7. The normalized spacial score (nSPS) is 22.4. The van der Waals surface area contributed by atoms with Crippen LogP contribution >= 0.6 is 0 Å². The van der Waals surface area contributed by atoms with Gasteiger partial charge in [0.05, 0.1) is 13.2 Å². The number of rotatable bonds is 5. The summed E-state index contributed by atoms with van der Waals surface area (Å²) in [5.41, 5.74) is 0.773. The maximum absolute atomic E-state index is 11.2. The third-order valence-electron chi connectivity index (χ3n) is 4.02. The molecule has 0 spiro atoms. The van der Waals surface area contributed by atoms with E-state index in [2.05, 4.69) is 0 Å². The number of carbonyl (C=O) groups is 1. The van der Waals surface area contributed by atoms with E-state index in [9.17, 15) is 15.0 Å². The van der Waals surface area contributed by atoms with E-state index in [-0.39, 0.29) is 6.04 Å². The van der Waals surface area contributed by atoms with Crippen molar-refractivity contribution in [1.82, 2.24) is 4.90 Å². The molecule has 3 atom stereocenters. The van der Waals surface area contributed by atoms with Crippen molar-refractivity contribution in [2.45, 2.75) is 38.0 Å². The van der Waals surface area contributed by atoms with Crippen molar-refractivity contribution in [2.75, 3.05) is 13.7 Å². The Morgan fingerprint density at radius 3 is 2.60 bits per heavy atom. The zero-order valence-corrected chi connectivity index (χ0v) is 11.8. The minimum Gasteiger partial charge on any atom is -0.497 e. The fraction of sp³-hybridized carbons (Fsp3) is 0.533. The van der Waals surface area contributed by atoms with Crippen LogP contribution in [-0.4, -0.2) is 46.8 Å². The summed E-state index contributed by atoms with van der Waals surface area (Å²) in [7, 11) is 1.59. The molecule has 5 nitrogen and oxygen atoms in total. The van der Waals surface area contributed by atoms with Crippen LogP contribution in [0.4, 0.5) is 0 Å². The van der Waals surface area contributed by atoms with E-state index >= 15 is 0 Å². The fourth-order valence-electron chi connectivity index (χ4n) is 2.80. The summed E-state index contributed by atoms with van der Waals surface area (Å²) in [5, 5.41) is 19.7. The van der Waals surface area contributed by atoms with Crippen molar-refractivity contribution in [2.24, 2.45) is 0 Å². The van der Waals surface area contributed by atoms with Gasteiger partial charge in [0.25, 0.3) is 0 Å². The topological polar surface area (TPSA) is 70.0 Å². The maximum Gasteiger partial charge on any atom is 0.320 e. The van der Waals surface area contributed by atoms with Crippen LogP contribution in [0.25, 0.3) is 0 Å². The smallest absolute Gasteiger partial charge is 0.320 e. The van der Waals surface area contributed by atoms with E-state index < -0.39 is 18.1 Å². The van der Waals surface area contributed by atoms with Gasteiger partial charge >= 0.3 is 5.97 Å². The molecule has 0 amide bonds. The molecular formula is C15H21NO4. The van der Waals surface area contributed by atoms with Crippen LogP contribution in [0.5, 0.6) is 5.75 Å². The molecule has 1 saturated heterocycles. The van der Waals surface area contributed by atoms with Crippen LogP contribution < -0.4 is 4.74 Å². The molecule has 0 saturated carbocycles. The number of hydrogen-bond acceptors (Lipinski definition) is 4. The molecule has 0 aromatic heterocycles. The summed E-state index contributed by atoms with van der Waals surface area (Å²) < 4.78 is 5.09. The zero-order valence-electron chi connectivity index (χ0n) is 11.8. The van der Waals surface area contributed by atoms with Gasteiger partial charge in [-0.15, -0.1) is 0 Å². The fourth-order valence-corrected chi connectivity index (χ4v) is 2.80. The Kier molecular flexibility index (Phi) is 4.62. The summed E-state index contributed by atoms with van der Waals surface area (Å²) in [5.74, 6) is -0.0746. The van der Waals surface area contributed by atoms with Gasteiger partial charge in [-0.2, -0.15) is 0 Å². The van der Waals surface area contributed by atoms with E-state index in [0.717, 1.165) is 17.7 Å². The molecule has 1 heterocycles. The van der Waals surface area contributed by atoms with Crippen LogP contribution in [0.3, 0.4) is 0 Å². The van der Waals surface area contributed by atoms with E-state index in [1.54, 1.807) is 19.2 Å². The van der Waals surface area contributed by atoms with E-state index in [1.807, 2.05) is 24.0 Å². The van der Waals surface area contributed by atoms with Crippen molar-refractivity contribution >= 4 is 5.97 Å². The van der Waals surface area contributed by atoms with E-state index in [0.29, 0.717) is 13.0 Å². The maximum atomic E-state index is 11.2. The Balaban J connectivity index is 2.10. The van der Waals surface area contributed by atoms with Crippen LogP contribution in [0, 0.1) is 0 Å². The molecule has 1 aromatic carbocycles. The molecule has 3 unspecified atom stereocenters. The standard InChI is InChI=1S/C15H21NO4/c1-10(16-9-3-4-13(16)15(18)19)14(17)11-5-7-12(20-2)8-6-11/h5-8,10,13-14,17H,3-4,9H2,1-2H3,(H,18,19). The molecular weight excluding hydrogens is 258 g/mol. The first-order chi connectivity index (χ1) is 9.54. The number of aliphatic hydroxyl groups excluding tert-OH is 1. The molecule has 0 radical (unpaired) electrons. The second-order valence-electron chi connectivity index (χ2n) is 5.19. The van der Waals surface area contributed by atoms with Crippen LogP contribution in [-0.2, 0) is 4.79 Å². The van der Waals surface area contributed by atoms with Crippen molar-refractivity contribution < 1.29 is 19.7 Å². The Bertz CT molecular complexity index is 459. The number of ether oxygens (including phenoxy) is 1. The average Bonchev–Trinajstić information content (AvgIpc) is 2.95. The number of carboxylic acids is 1. The number of methoxy groups -OCH3 is 1. The summed E-state index contributed by atoms with van der Waals surface area (Å²) in [6, 6.07) is 6.50. The molecule has 1 aliphatic heterocycles. The van der Waals surface area contributed by atoms with Crippen molar-refractivity contribution in [3.05, 3.63) is 29.8 Å². The Hall–Kier alpha value is -1.59. The predicted octanol–water partition coefficient (Wildman–Crippen LogP) is 1.67. The largest absolute Gasteiger partial charge is 0.497 e. The lowest BCUT2D eigenvalue weighted by Gasteiger charge is -2.32. The molecule has 2 N–H and O–H groups in total. The number of aliphatic hydroxyl groups is 1. The number of nitrogens with zero attached hydrogens (tertiary/aromatic N) is 1. The van der Waals surface area contributed by atoms with Gasteiger partial charge in [0.2, 0.25) is 0 Å². The molecule has 1 fully saturated rings. The number of carboxylic acid groups (broad SMARTS) is 1. The molecule has 110 valence electrons. The molecule has 20 heavy (non-hydrogen) atoms. The number of hydrogen-bond donors (Lipinski definition) is 2. The van der Waals surface area contributed by atoms with Crippen LogP contribution in [0.2, 0.25) is 0 Å².